The molecule has 0 heterocycles. The lowest BCUT2D eigenvalue weighted by Crippen LogP contribution is -2.36. The highest BCUT2D eigenvalue weighted by atomic mass is 32.2. The zero-order chi connectivity index (χ0) is 16.0. The maximum atomic E-state index is 11.7. The van der Waals surface area contributed by atoms with Crippen LogP contribution in [0.5, 0.6) is 5.75 Å². The van der Waals surface area contributed by atoms with Crippen LogP contribution in [0.3, 0.4) is 0 Å². The first-order chi connectivity index (χ1) is 9.76. The highest BCUT2D eigenvalue weighted by Gasteiger charge is 2.13. The van der Waals surface area contributed by atoms with Gasteiger partial charge in [-0.05, 0) is 18.6 Å². The number of anilines is 1. The number of rotatable bonds is 6. The average Bonchev–Trinajstić information content (AvgIpc) is 2.40. The average molecular weight is 315 g/mol. The molecule has 0 radical (unpaired) electrons. The number of nitrogens with one attached hydrogen (secondary N) is 2. The number of benzene rings is 1. The van der Waals surface area contributed by atoms with Crippen molar-refractivity contribution < 1.29 is 17.9 Å². The topological polar surface area (TPSA) is 87.7 Å². The van der Waals surface area contributed by atoms with Gasteiger partial charge in [0.15, 0.2) is 0 Å². The van der Waals surface area contributed by atoms with Crippen LogP contribution in [-0.4, -0.2) is 52.3 Å². The second-order valence-corrected chi connectivity index (χ2v) is 6.97. The van der Waals surface area contributed by atoms with Crippen molar-refractivity contribution in [2.24, 2.45) is 0 Å². The number of carbonyl (C=O) groups excluding carboxylic acids is 1. The summed E-state index contributed by atoms with van der Waals surface area (Å²) in [6.07, 6.45) is 0. The van der Waals surface area contributed by atoms with E-state index in [0.29, 0.717) is 11.4 Å². The maximum Gasteiger partial charge on any atom is 0.319 e. The van der Waals surface area contributed by atoms with Crippen LogP contribution in [0.15, 0.2) is 18.2 Å². The number of hydrogen-bond donors (Lipinski definition) is 2. The molecule has 0 bridgehead atoms. The predicted octanol–water partition coefficient (Wildman–Crippen LogP) is 1.02. The summed E-state index contributed by atoms with van der Waals surface area (Å²) in [5.41, 5.74) is 1.53. The van der Waals surface area contributed by atoms with Crippen molar-refractivity contribution in [2.75, 3.05) is 38.8 Å². The molecule has 0 aromatic heterocycles. The normalized spacial score (nSPS) is 11.3. The Balaban J connectivity index is 2.51. The summed E-state index contributed by atoms with van der Waals surface area (Å²) >= 11 is 0. The molecule has 8 heteroatoms. The van der Waals surface area contributed by atoms with Crippen molar-refractivity contribution in [3.05, 3.63) is 23.8 Å². The van der Waals surface area contributed by atoms with Crippen molar-refractivity contribution in [3.8, 4) is 5.75 Å². The Labute approximate surface area is 125 Å². The lowest BCUT2D eigenvalue weighted by Gasteiger charge is -2.12. The Morgan fingerprint density at radius 3 is 2.57 bits per heavy atom. The number of hydrogen-bond acceptors (Lipinski definition) is 4. The maximum absolute atomic E-state index is 11.7. The molecule has 2 N–H and O–H groups in total. The molecule has 0 unspecified atom stereocenters. The molecule has 0 saturated carbocycles. The van der Waals surface area contributed by atoms with Gasteiger partial charge in [-0.1, -0.05) is 6.07 Å². The Hall–Kier alpha value is -1.80. The van der Waals surface area contributed by atoms with Crippen LogP contribution in [0.25, 0.3) is 0 Å². The molecule has 1 aromatic carbocycles. The standard InChI is InChI=1S/C13H21N3O4S/c1-10-5-6-11(9-12(10)20-4)15-13(17)14-7-8-21(18,19)16(2)3/h5-6,9H,7-8H2,1-4H3,(H2,14,15,17). The second-order valence-electron chi connectivity index (χ2n) is 4.66. The molecule has 1 aromatic rings. The van der Waals surface area contributed by atoms with Gasteiger partial charge >= 0.3 is 6.03 Å². The number of aryl methyl sites for hydroxylation is 1. The fourth-order valence-electron chi connectivity index (χ4n) is 1.55. The molecule has 0 aliphatic carbocycles. The molecule has 7 nitrogen and oxygen atoms in total. The molecule has 0 aliphatic heterocycles. The number of urea groups is 1. The van der Waals surface area contributed by atoms with Crippen LogP contribution in [0.2, 0.25) is 0 Å². The van der Waals surface area contributed by atoms with Crippen molar-refractivity contribution in [2.45, 2.75) is 6.92 Å². The monoisotopic (exact) mass is 315 g/mol. The predicted molar refractivity (Wildman–Crippen MR) is 82.2 cm³/mol. The Kier molecular flexibility index (Phi) is 5.98. The van der Waals surface area contributed by atoms with Gasteiger partial charge < -0.3 is 15.4 Å². The van der Waals surface area contributed by atoms with Gasteiger partial charge in [0.1, 0.15) is 5.75 Å². The fraction of sp³-hybridized carbons (Fsp3) is 0.462. The minimum atomic E-state index is -3.31. The SMILES string of the molecule is COc1cc(NC(=O)NCCS(=O)(=O)N(C)C)ccc1C. The number of carbonyl (C=O) groups is 1. The molecule has 0 spiro atoms. The Morgan fingerprint density at radius 1 is 1.33 bits per heavy atom. The third kappa shape index (κ3) is 5.24. The minimum absolute atomic E-state index is 0.0370. The van der Waals surface area contributed by atoms with Crippen LogP contribution < -0.4 is 15.4 Å². The summed E-state index contributed by atoms with van der Waals surface area (Å²) < 4.78 is 29.3. The number of sulfonamides is 1. The van der Waals surface area contributed by atoms with Crippen molar-refractivity contribution in [3.63, 3.8) is 0 Å². The zero-order valence-electron chi connectivity index (χ0n) is 12.6. The zero-order valence-corrected chi connectivity index (χ0v) is 13.5. The van der Waals surface area contributed by atoms with Gasteiger partial charge in [0, 0.05) is 32.4 Å². The van der Waals surface area contributed by atoms with E-state index in [-0.39, 0.29) is 12.3 Å². The molecule has 0 aliphatic rings. The first-order valence-corrected chi connectivity index (χ1v) is 7.97. The van der Waals surface area contributed by atoms with E-state index in [1.807, 2.05) is 13.0 Å². The van der Waals surface area contributed by atoms with E-state index in [9.17, 15) is 13.2 Å². The molecule has 21 heavy (non-hydrogen) atoms. The van der Waals surface area contributed by atoms with Crippen LogP contribution in [0.1, 0.15) is 5.56 Å². The molecule has 1 rings (SSSR count). The van der Waals surface area contributed by atoms with E-state index in [0.717, 1.165) is 9.87 Å². The molecule has 118 valence electrons. The quantitative estimate of drug-likeness (QED) is 0.820. The first kappa shape index (κ1) is 17.3. The Morgan fingerprint density at radius 2 is 2.00 bits per heavy atom. The largest absolute Gasteiger partial charge is 0.496 e. The van der Waals surface area contributed by atoms with Crippen molar-refractivity contribution in [1.82, 2.24) is 9.62 Å². The van der Waals surface area contributed by atoms with E-state index in [1.54, 1.807) is 19.2 Å². The lowest BCUT2D eigenvalue weighted by atomic mass is 10.2. The number of amides is 2. The summed E-state index contributed by atoms with van der Waals surface area (Å²) in [6, 6.07) is 4.81. The van der Waals surface area contributed by atoms with Gasteiger partial charge in [0.05, 0.1) is 12.9 Å². The van der Waals surface area contributed by atoms with Crippen LogP contribution in [0.4, 0.5) is 10.5 Å². The van der Waals surface area contributed by atoms with Crippen molar-refractivity contribution in [1.29, 1.82) is 0 Å². The van der Waals surface area contributed by atoms with Gasteiger partial charge in [-0.15, -0.1) is 0 Å². The molecule has 0 fully saturated rings. The van der Waals surface area contributed by atoms with Gasteiger partial charge in [0.25, 0.3) is 0 Å². The Bertz CT molecular complexity index is 599. The first-order valence-electron chi connectivity index (χ1n) is 6.36. The second kappa shape index (κ2) is 7.28. The fourth-order valence-corrected chi connectivity index (χ4v) is 2.27. The summed E-state index contributed by atoms with van der Waals surface area (Å²) in [7, 11) is 1.15. The molecule has 0 saturated heterocycles. The molecule has 0 atom stereocenters. The van der Waals surface area contributed by atoms with E-state index < -0.39 is 16.1 Å². The van der Waals surface area contributed by atoms with Crippen LogP contribution >= 0.6 is 0 Å². The third-order valence-electron chi connectivity index (χ3n) is 2.87. The van der Waals surface area contributed by atoms with Crippen molar-refractivity contribution >= 4 is 21.7 Å². The highest BCUT2D eigenvalue weighted by Crippen LogP contribution is 2.21. The van der Waals surface area contributed by atoms with Gasteiger partial charge in [-0.3, -0.25) is 0 Å². The number of nitrogens with zero attached hydrogens (tertiary/aromatic N) is 1. The van der Waals surface area contributed by atoms with Crippen LogP contribution in [-0.2, 0) is 10.0 Å². The summed E-state index contributed by atoms with van der Waals surface area (Å²) in [5, 5.41) is 5.12. The molecule has 2 amide bonds. The van der Waals surface area contributed by atoms with E-state index >= 15 is 0 Å². The van der Waals surface area contributed by atoms with Gasteiger partial charge in [0.2, 0.25) is 10.0 Å². The van der Waals surface area contributed by atoms with E-state index in [4.69, 9.17) is 4.74 Å². The summed E-state index contributed by atoms with van der Waals surface area (Å²) in [5.74, 6) is 0.521. The summed E-state index contributed by atoms with van der Waals surface area (Å²) in [4.78, 5) is 11.7. The van der Waals surface area contributed by atoms with E-state index in [2.05, 4.69) is 10.6 Å². The number of methoxy groups -OCH3 is 1. The van der Waals surface area contributed by atoms with Gasteiger partial charge in [-0.2, -0.15) is 0 Å². The van der Waals surface area contributed by atoms with E-state index in [1.165, 1.54) is 14.1 Å². The smallest absolute Gasteiger partial charge is 0.319 e. The highest BCUT2D eigenvalue weighted by molar-refractivity contribution is 7.89. The number of ether oxygens (including phenoxy) is 1. The molecular weight excluding hydrogens is 294 g/mol. The minimum Gasteiger partial charge on any atom is -0.496 e. The third-order valence-corrected chi connectivity index (χ3v) is 4.70. The van der Waals surface area contributed by atoms with Crippen LogP contribution in [0, 0.1) is 6.92 Å². The lowest BCUT2D eigenvalue weighted by molar-refractivity contribution is 0.252. The van der Waals surface area contributed by atoms with Gasteiger partial charge in [-0.25, -0.2) is 17.5 Å². The molecular formula is C13H21N3O4S. The summed E-state index contributed by atoms with van der Waals surface area (Å²) in [6.45, 7) is 1.93.